The van der Waals surface area contributed by atoms with Crippen LogP contribution >= 0.6 is 0 Å². The SMILES string of the molecule is O=c1[nH]c2nccc(Oc3ccccc3)c2c2ccccc12. The van der Waals surface area contributed by atoms with Gasteiger partial charge in [0.25, 0.3) is 5.56 Å². The van der Waals surface area contributed by atoms with Gasteiger partial charge in [-0.25, -0.2) is 4.98 Å². The zero-order valence-corrected chi connectivity index (χ0v) is 11.6. The molecule has 0 spiro atoms. The second-order valence-corrected chi connectivity index (χ2v) is 4.95. The van der Waals surface area contributed by atoms with Crippen molar-refractivity contribution in [1.29, 1.82) is 0 Å². The van der Waals surface area contributed by atoms with Crippen molar-refractivity contribution in [3.05, 3.63) is 77.2 Å². The molecular weight excluding hydrogens is 276 g/mol. The molecule has 0 radical (unpaired) electrons. The number of fused-ring (bicyclic) bond motifs is 3. The number of hydrogen-bond acceptors (Lipinski definition) is 3. The average molecular weight is 288 g/mol. The summed E-state index contributed by atoms with van der Waals surface area (Å²) in [5.41, 5.74) is 0.379. The number of hydrogen-bond donors (Lipinski definition) is 1. The van der Waals surface area contributed by atoms with Gasteiger partial charge >= 0.3 is 0 Å². The fraction of sp³-hybridized carbons (Fsp3) is 0. The second-order valence-electron chi connectivity index (χ2n) is 4.95. The normalized spacial score (nSPS) is 10.9. The van der Waals surface area contributed by atoms with Gasteiger partial charge in [0, 0.05) is 17.0 Å². The van der Waals surface area contributed by atoms with E-state index < -0.39 is 0 Å². The molecule has 0 saturated carbocycles. The lowest BCUT2D eigenvalue weighted by Crippen LogP contribution is -2.07. The maximum absolute atomic E-state index is 12.1. The van der Waals surface area contributed by atoms with E-state index in [0.29, 0.717) is 16.8 Å². The molecule has 0 unspecified atom stereocenters. The Kier molecular flexibility index (Phi) is 2.86. The highest BCUT2D eigenvalue weighted by atomic mass is 16.5. The van der Waals surface area contributed by atoms with Gasteiger partial charge in [0.2, 0.25) is 0 Å². The summed E-state index contributed by atoms with van der Waals surface area (Å²) in [6.07, 6.45) is 1.63. The Morgan fingerprint density at radius 1 is 0.864 bits per heavy atom. The molecule has 0 aliphatic rings. The van der Waals surface area contributed by atoms with Crippen molar-refractivity contribution < 1.29 is 4.74 Å². The summed E-state index contributed by atoms with van der Waals surface area (Å²) < 4.78 is 5.98. The summed E-state index contributed by atoms with van der Waals surface area (Å²) in [7, 11) is 0. The van der Waals surface area contributed by atoms with Gasteiger partial charge in [0.1, 0.15) is 17.1 Å². The molecule has 106 valence electrons. The van der Waals surface area contributed by atoms with E-state index in [0.717, 1.165) is 16.5 Å². The fourth-order valence-electron chi connectivity index (χ4n) is 2.57. The molecule has 4 aromatic rings. The van der Waals surface area contributed by atoms with Crippen LogP contribution in [0, 0.1) is 0 Å². The van der Waals surface area contributed by atoms with Crippen molar-refractivity contribution in [1.82, 2.24) is 9.97 Å². The maximum atomic E-state index is 12.1. The number of nitrogens with zero attached hydrogens (tertiary/aromatic N) is 1. The number of nitrogens with one attached hydrogen (secondary N) is 1. The van der Waals surface area contributed by atoms with E-state index in [2.05, 4.69) is 9.97 Å². The summed E-state index contributed by atoms with van der Waals surface area (Å²) >= 11 is 0. The molecule has 2 aromatic heterocycles. The number of pyridine rings is 2. The molecule has 4 heteroatoms. The third-order valence-corrected chi connectivity index (χ3v) is 3.56. The molecule has 0 aliphatic heterocycles. The van der Waals surface area contributed by atoms with Crippen LogP contribution in [-0.4, -0.2) is 9.97 Å². The predicted molar refractivity (Wildman–Crippen MR) is 86.4 cm³/mol. The number of aromatic nitrogens is 2. The molecule has 2 heterocycles. The van der Waals surface area contributed by atoms with Crippen LogP contribution in [0.4, 0.5) is 0 Å². The third-order valence-electron chi connectivity index (χ3n) is 3.56. The first-order valence-electron chi connectivity index (χ1n) is 6.95. The van der Waals surface area contributed by atoms with Crippen LogP contribution in [-0.2, 0) is 0 Å². The molecule has 0 bridgehead atoms. The topological polar surface area (TPSA) is 55.0 Å². The van der Waals surface area contributed by atoms with Gasteiger partial charge in [-0.3, -0.25) is 4.79 Å². The molecule has 1 N–H and O–H groups in total. The fourth-order valence-corrected chi connectivity index (χ4v) is 2.57. The Balaban J connectivity index is 2.03. The molecule has 0 atom stereocenters. The first kappa shape index (κ1) is 12.6. The van der Waals surface area contributed by atoms with Crippen molar-refractivity contribution in [2.75, 3.05) is 0 Å². The maximum Gasteiger partial charge on any atom is 0.257 e. The Morgan fingerprint density at radius 2 is 1.59 bits per heavy atom. The number of H-pyrrole nitrogens is 1. The van der Waals surface area contributed by atoms with E-state index in [1.54, 1.807) is 18.3 Å². The van der Waals surface area contributed by atoms with Gasteiger partial charge in [-0.1, -0.05) is 36.4 Å². The summed E-state index contributed by atoms with van der Waals surface area (Å²) in [5.74, 6) is 1.41. The van der Waals surface area contributed by atoms with Crippen LogP contribution in [0.2, 0.25) is 0 Å². The predicted octanol–water partition coefficient (Wildman–Crippen LogP) is 3.87. The molecule has 22 heavy (non-hydrogen) atoms. The van der Waals surface area contributed by atoms with E-state index >= 15 is 0 Å². The second kappa shape index (κ2) is 5.00. The van der Waals surface area contributed by atoms with E-state index in [1.165, 1.54) is 0 Å². The molecule has 4 nitrogen and oxygen atoms in total. The minimum absolute atomic E-state index is 0.146. The highest BCUT2D eigenvalue weighted by Crippen LogP contribution is 2.31. The first-order valence-corrected chi connectivity index (χ1v) is 6.95. The third kappa shape index (κ3) is 2.02. The first-order chi connectivity index (χ1) is 10.8. The van der Waals surface area contributed by atoms with Crippen molar-refractivity contribution in [2.24, 2.45) is 0 Å². The number of rotatable bonds is 2. The zero-order chi connectivity index (χ0) is 14.9. The minimum atomic E-state index is -0.146. The highest BCUT2D eigenvalue weighted by molar-refractivity contribution is 6.07. The summed E-state index contributed by atoms with van der Waals surface area (Å²) in [6.45, 7) is 0. The molecule has 2 aromatic carbocycles. The number of para-hydroxylation sites is 1. The Labute approximate surface area is 126 Å². The van der Waals surface area contributed by atoms with Crippen molar-refractivity contribution >= 4 is 21.8 Å². The zero-order valence-electron chi connectivity index (χ0n) is 11.6. The standard InChI is InChI=1S/C18H12N2O2/c21-18-14-9-5-4-8-13(14)16-15(10-11-19-17(16)20-18)22-12-6-2-1-3-7-12/h1-11H,(H,19,20,21). The largest absolute Gasteiger partial charge is 0.457 e. The van der Waals surface area contributed by atoms with Crippen molar-refractivity contribution in [3.63, 3.8) is 0 Å². The van der Waals surface area contributed by atoms with E-state index in [-0.39, 0.29) is 5.56 Å². The molecular formula is C18H12N2O2. The van der Waals surface area contributed by atoms with Gasteiger partial charge in [-0.15, -0.1) is 0 Å². The van der Waals surface area contributed by atoms with Gasteiger partial charge in [-0.2, -0.15) is 0 Å². The van der Waals surface area contributed by atoms with Crippen LogP contribution < -0.4 is 10.3 Å². The molecule has 0 fully saturated rings. The lowest BCUT2D eigenvalue weighted by molar-refractivity contribution is 0.488. The monoisotopic (exact) mass is 288 g/mol. The number of aromatic amines is 1. The number of benzene rings is 2. The Morgan fingerprint density at radius 3 is 2.41 bits per heavy atom. The smallest absolute Gasteiger partial charge is 0.257 e. The molecule has 4 rings (SSSR count). The summed E-state index contributed by atoms with van der Waals surface area (Å²) in [4.78, 5) is 19.2. The molecule has 0 amide bonds. The van der Waals surface area contributed by atoms with Crippen molar-refractivity contribution in [2.45, 2.75) is 0 Å². The van der Waals surface area contributed by atoms with E-state index in [1.807, 2.05) is 48.5 Å². The molecule has 0 aliphatic carbocycles. The van der Waals surface area contributed by atoms with Crippen LogP contribution in [0.25, 0.3) is 21.8 Å². The Hall–Kier alpha value is -3.14. The lowest BCUT2D eigenvalue weighted by atomic mass is 10.1. The van der Waals surface area contributed by atoms with Gasteiger partial charge in [0.15, 0.2) is 0 Å². The van der Waals surface area contributed by atoms with Crippen molar-refractivity contribution in [3.8, 4) is 11.5 Å². The Bertz CT molecular complexity index is 1020. The number of ether oxygens (including phenoxy) is 1. The van der Waals surface area contributed by atoms with Crippen LogP contribution in [0.15, 0.2) is 71.7 Å². The summed E-state index contributed by atoms with van der Waals surface area (Å²) in [6, 6.07) is 18.8. The van der Waals surface area contributed by atoms with Crippen LogP contribution in [0.1, 0.15) is 0 Å². The van der Waals surface area contributed by atoms with Crippen LogP contribution in [0.3, 0.4) is 0 Å². The van der Waals surface area contributed by atoms with E-state index in [9.17, 15) is 4.79 Å². The van der Waals surface area contributed by atoms with E-state index in [4.69, 9.17) is 4.74 Å². The minimum Gasteiger partial charge on any atom is -0.457 e. The quantitative estimate of drug-likeness (QED) is 0.570. The lowest BCUT2D eigenvalue weighted by Gasteiger charge is -2.10. The highest BCUT2D eigenvalue weighted by Gasteiger charge is 2.11. The van der Waals surface area contributed by atoms with Gasteiger partial charge in [-0.05, 0) is 24.3 Å². The van der Waals surface area contributed by atoms with Gasteiger partial charge in [0.05, 0.1) is 5.39 Å². The molecule has 0 saturated heterocycles. The van der Waals surface area contributed by atoms with Crippen LogP contribution in [0.5, 0.6) is 11.5 Å². The summed E-state index contributed by atoms with van der Waals surface area (Å²) in [5, 5.41) is 2.27. The van der Waals surface area contributed by atoms with Gasteiger partial charge < -0.3 is 9.72 Å². The average Bonchev–Trinajstić information content (AvgIpc) is 2.56.